The summed E-state index contributed by atoms with van der Waals surface area (Å²) in [5, 5.41) is 12.5. The van der Waals surface area contributed by atoms with Crippen LogP contribution in [-0.2, 0) is 11.3 Å². The minimum atomic E-state index is -0.439. The Morgan fingerprint density at radius 2 is 1.61 bits per heavy atom. The molecule has 0 spiro atoms. The molecule has 0 aliphatic heterocycles. The van der Waals surface area contributed by atoms with Gasteiger partial charge in [0.2, 0.25) is 11.7 Å². The maximum atomic E-state index is 13.4. The average molecular weight is 498 g/mol. The SMILES string of the molecule is CC(Sc1nnc2n(Cc3ccccc3)c(=O)c3ccccc3n12)C(=O)Nc1ccccc1C(C)C. The topological polar surface area (TPSA) is 81.3 Å². The summed E-state index contributed by atoms with van der Waals surface area (Å²) in [5.41, 5.74) is 3.49. The van der Waals surface area contributed by atoms with Gasteiger partial charge in [0.15, 0.2) is 5.16 Å². The molecule has 0 saturated carbocycles. The molecule has 3 aromatic carbocycles. The van der Waals surface area contributed by atoms with Crippen molar-refractivity contribution in [1.29, 1.82) is 0 Å². The lowest BCUT2D eigenvalue weighted by atomic mass is 10.0. The Labute approximate surface area is 213 Å². The predicted molar refractivity (Wildman–Crippen MR) is 145 cm³/mol. The number of hydrogen-bond donors (Lipinski definition) is 1. The number of rotatable bonds is 7. The zero-order chi connectivity index (χ0) is 25.2. The first kappa shape index (κ1) is 23.8. The second-order valence-corrected chi connectivity index (χ2v) is 10.3. The van der Waals surface area contributed by atoms with E-state index in [1.165, 1.54) is 11.8 Å². The Balaban J connectivity index is 1.52. The van der Waals surface area contributed by atoms with Crippen LogP contribution < -0.4 is 10.9 Å². The quantitative estimate of drug-likeness (QED) is 0.307. The number of nitrogens with one attached hydrogen (secondary N) is 1. The van der Waals surface area contributed by atoms with Gasteiger partial charge in [0.05, 0.1) is 22.7 Å². The van der Waals surface area contributed by atoms with Crippen LogP contribution in [0.3, 0.4) is 0 Å². The first-order chi connectivity index (χ1) is 17.4. The molecule has 0 aliphatic rings. The molecule has 0 aliphatic carbocycles. The highest BCUT2D eigenvalue weighted by atomic mass is 32.2. The molecule has 1 amide bonds. The maximum absolute atomic E-state index is 13.4. The van der Waals surface area contributed by atoms with E-state index in [1.807, 2.05) is 90.2 Å². The smallest absolute Gasteiger partial charge is 0.263 e. The van der Waals surface area contributed by atoms with Crippen molar-refractivity contribution in [2.45, 2.75) is 43.6 Å². The zero-order valence-electron chi connectivity index (χ0n) is 20.4. The lowest BCUT2D eigenvalue weighted by Crippen LogP contribution is -2.25. The van der Waals surface area contributed by atoms with Crippen molar-refractivity contribution in [2.75, 3.05) is 5.32 Å². The van der Waals surface area contributed by atoms with Crippen molar-refractivity contribution in [3.05, 3.63) is 100 Å². The highest BCUT2D eigenvalue weighted by Crippen LogP contribution is 2.28. The second-order valence-electron chi connectivity index (χ2n) is 9.00. The van der Waals surface area contributed by atoms with Gasteiger partial charge in [-0.3, -0.25) is 18.6 Å². The molecule has 1 atom stereocenters. The molecule has 8 heteroatoms. The number of hydrogen-bond acceptors (Lipinski definition) is 5. The van der Waals surface area contributed by atoms with Crippen molar-refractivity contribution in [2.24, 2.45) is 0 Å². The van der Waals surface area contributed by atoms with Crippen LogP contribution in [-0.4, -0.2) is 30.3 Å². The number of carbonyl (C=O) groups is 1. The molecule has 2 aromatic heterocycles. The van der Waals surface area contributed by atoms with Crippen LogP contribution in [0, 0.1) is 0 Å². The third kappa shape index (κ3) is 4.52. The van der Waals surface area contributed by atoms with E-state index in [-0.39, 0.29) is 17.4 Å². The minimum Gasteiger partial charge on any atom is -0.325 e. The number of thioether (sulfide) groups is 1. The molecule has 0 fully saturated rings. The van der Waals surface area contributed by atoms with Crippen LogP contribution in [0.15, 0.2) is 88.8 Å². The van der Waals surface area contributed by atoms with E-state index in [2.05, 4.69) is 29.4 Å². The van der Waals surface area contributed by atoms with E-state index in [0.717, 1.165) is 16.8 Å². The Morgan fingerprint density at radius 3 is 2.39 bits per heavy atom. The van der Waals surface area contributed by atoms with Crippen LogP contribution in [0.4, 0.5) is 5.69 Å². The van der Waals surface area contributed by atoms with Gasteiger partial charge in [-0.15, -0.1) is 10.2 Å². The average Bonchev–Trinajstić information content (AvgIpc) is 3.30. The molecule has 0 saturated heterocycles. The molecule has 7 nitrogen and oxygen atoms in total. The number of aromatic nitrogens is 4. The fourth-order valence-corrected chi connectivity index (χ4v) is 5.13. The number of amides is 1. The fraction of sp³-hybridized carbons (Fsp3) is 0.214. The van der Waals surface area contributed by atoms with E-state index in [0.29, 0.717) is 28.4 Å². The van der Waals surface area contributed by atoms with Gasteiger partial charge in [0.25, 0.3) is 5.56 Å². The lowest BCUT2D eigenvalue weighted by molar-refractivity contribution is -0.115. The molecule has 2 heterocycles. The number of anilines is 1. The van der Waals surface area contributed by atoms with E-state index in [1.54, 1.807) is 4.57 Å². The number of carbonyl (C=O) groups excluding carboxylic acids is 1. The summed E-state index contributed by atoms with van der Waals surface area (Å²) in [4.78, 5) is 26.5. The molecule has 5 aromatic rings. The molecular formula is C28H27N5O2S. The summed E-state index contributed by atoms with van der Waals surface area (Å²) in [6.45, 7) is 6.43. The van der Waals surface area contributed by atoms with Crippen molar-refractivity contribution in [3.63, 3.8) is 0 Å². The molecule has 5 rings (SSSR count). The Kier molecular flexibility index (Phi) is 6.61. The number of para-hydroxylation sites is 2. The van der Waals surface area contributed by atoms with Crippen molar-refractivity contribution < 1.29 is 4.79 Å². The summed E-state index contributed by atoms with van der Waals surface area (Å²) in [6, 6.07) is 25.1. The van der Waals surface area contributed by atoms with Crippen LogP contribution >= 0.6 is 11.8 Å². The monoisotopic (exact) mass is 497 g/mol. The first-order valence-corrected chi connectivity index (χ1v) is 12.8. The molecule has 1 N–H and O–H groups in total. The van der Waals surface area contributed by atoms with Gasteiger partial charge in [-0.05, 0) is 42.2 Å². The van der Waals surface area contributed by atoms with E-state index < -0.39 is 5.25 Å². The standard InChI is InChI=1S/C28H27N5O2S/c1-18(2)21-13-7-9-15-23(21)29-25(34)19(3)36-28-31-30-27-32(17-20-11-5-4-6-12-20)26(35)22-14-8-10-16-24(22)33(27)28/h4-16,18-19H,17H2,1-3H3,(H,29,34). The maximum Gasteiger partial charge on any atom is 0.263 e. The van der Waals surface area contributed by atoms with Crippen molar-refractivity contribution in [3.8, 4) is 0 Å². The number of benzene rings is 3. The summed E-state index contributed by atoms with van der Waals surface area (Å²) in [6.07, 6.45) is 0. The third-order valence-corrected chi connectivity index (χ3v) is 7.20. The Hall–Kier alpha value is -3.91. The summed E-state index contributed by atoms with van der Waals surface area (Å²) in [7, 11) is 0. The van der Waals surface area contributed by atoms with Crippen LogP contribution in [0.1, 0.15) is 37.8 Å². The summed E-state index contributed by atoms with van der Waals surface area (Å²) < 4.78 is 3.51. The molecule has 182 valence electrons. The molecule has 0 bridgehead atoms. The normalized spacial score (nSPS) is 12.3. The van der Waals surface area contributed by atoms with Gasteiger partial charge >= 0.3 is 0 Å². The van der Waals surface area contributed by atoms with Gasteiger partial charge in [-0.25, -0.2) is 0 Å². The Bertz CT molecular complexity index is 1610. The fourth-order valence-electron chi connectivity index (χ4n) is 4.28. The van der Waals surface area contributed by atoms with Crippen molar-refractivity contribution in [1.82, 2.24) is 19.2 Å². The van der Waals surface area contributed by atoms with Gasteiger partial charge < -0.3 is 5.32 Å². The van der Waals surface area contributed by atoms with Gasteiger partial charge in [0.1, 0.15) is 0 Å². The van der Waals surface area contributed by atoms with Gasteiger partial charge in [0, 0.05) is 5.69 Å². The van der Waals surface area contributed by atoms with Gasteiger partial charge in [-0.2, -0.15) is 0 Å². The highest BCUT2D eigenvalue weighted by Gasteiger charge is 2.22. The summed E-state index contributed by atoms with van der Waals surface area (Å²) in [5.74, 6) is 0.618. The predicted octanol–water partition coefficient (Wildman–Crippen LogP) is 5.34. The molecule has 1 unspecified atom stereocenters. The van der Waals surface area contributed by atoms with Crippen LogP contribution in [0.25, 0.3) is 16.7 Å². The third-order valence-electron chi connectivity index (χ3n) is 6.15. The Morgan fingerprint density at radius 1 is 0.917 bits per heavy atom. The van der Waals surface area contributed by atoms with Crippen LogP contribution in [0.2, 0.25) is 0 Å². The molecular weight excluding hydrogens is 470 g/mol. The van der Waals surface area contributed by atoms with Crippen molar-refractivity contribution >= 4 is 40.0 Å². The minimum absolute atomic E-state index is 0.119. The molecule has 36 heavy (non-hydrogen) atoms. The second kappa shape index (κ2) is 9.99. The lowest BCUT2D eigenvalue weighted by Gasteiger charge is -2.16. The first-order valence-electron chi connectivity index (χ1n) is 11.9. The van der Waals surface area contributed by atoms with E-state index >= 15 is 0 Å². The van der Waals surface area contributed by atoms with E-state index in [4.69, 9.17) is 0 Å². The largest absolute Gasteiger partial charge is 0.325 e. The summed E-state index contributed by atoms with van der Waals surface area (Å²) >= 11 is 1.32. The van der Waals surface area contributed by atoms with E-state index in [9.17, 15) is 9.59 Å². The van der Waals surface area contributed by atoms with Crippen LogP contribution in [0.5, 0.6) is 0 Å². The highest BCUT2D eigenvalue weighted by molar-refractivity contribution is 8.00. The number of fused-ring (bicyclic) bond motifs is 3. The van der Waals surface area contributed by atoms with Gasteiger partial charge in [-0.1, -0.05) is 86.3 Å². The molecule has 0 radical (unpaired) electrons. The zero-order valence-corrected chi connectivity index (χ0v) is 21.2. The number of nitrogens with zero attached hydrogens (tertiary/aromatic N) is 4.